The number of para-hydroxylation sites is 1. The van der Waals surface area contributed by atoms with Crippen LogP contribution in [0, 0.1) is 13.8 Å². The monoisotopic (exact) mass is 438 g/mol. The van der Waals surface area contributed by atoms with E-state index in [-0.39, 0.29) is 5.91 Å². The molecule has 3 aromatic carbocycles. The molecule has 0 bridgehead atoms. The number of carbonyl (C=O) groups is 1. The maximum absolute atomic E-state index is 12.6. The molecule has 4 rings (SSSR count). The lowest BCUT2D eigenvalue weighted by atomic mass is 10.1. The largest absolute Gasteiger partial charge is 0.488 e. The molecule has 6 heteroatoms. The molecule has 1 amide bonds. The summed E-state index contributed by atoms with van der Waals surface area (Å²) >= 11 is 0. The number of hydrazone groups is 1. The van der Waals surface area contributed by atoms with Crippen molar-refractivity contribution in [2.75, 3.05) is 0 Å². The summed E-state index contributed by atoms with van der Waals surface area (Å²) in [5.41, 5.74) is 8.07. The molecular weight excluding hydrogens is 412 g/mol. The average Bonchev–Trinajstić information content (AvgIpc) is 3.15. The van der Waals surface area contributed by atoms with Crippen LogP contribution in [-0.4, -0.2) is 21.9 Å². The molecule has 0 atom stereocenters. The van der Waals surface area contributed by atoms with Crippen molar-refractivity contribution in [2.24, 2.45) is 5.10 Å². The topological polar surface area (TPSA) is 68.5 Å². The number of carbonyl (C=O) groups excluding carboxylic acids is 1. The second kappa shape index (κ2) is 10.4. The van der Waals surface area contributed by atoms with Gasteiger partial charge in [-0.05, 0) is 55.3 Å². The standard InChI is InChI=1S/C27H26N4O2/c1-20-15-21(2)31(30-20)18-23-11-8-13-24(16-23)27(32)29-28-17-25-12-6-7-14-26(25)33-19-22-9-4-3-5-10-22/h3-17H,18-19H2,1-2H3,(H,29,32). The minimum atomic E-state index is -0.274. The number of rotatable bonds is 8. The fraction of sp³-hybridized carbons (Fsp3) is 0.148. The van der Waals surface area contributed by atoms with E-state index in [1.54, 1.807) is 12.3 Å². The van der Waals surface area contributed by atoms with E-state index in [1.807, 2.05) is 97.4 Å². The van der Waals surface area contributed by atoms with E-state index >= 15 is 0 Å². The van der Waals surface area contributed by atoms with Gasteiger partial charge in [-0.25, -0.2) is 5.43 Å². The van der Waals surface area contributed by atoms with Crippen LogP contribution in [-0.2, 0) is 13.2 Å². The Morgan fingerprint density at radius 2 is 1.73 bits per heavy atom. The first-order valence-corrected chi connectivity index (χ1v) is 10.8. The fourth-order valence-electron chi connectivity index (χ4n) is 3.50. The molecule has 0 aliphatic carbocycles. The van der Waals surface area contributed by atoms with E-state index in [9.17, 15) is 4.79 Å². The van der Waals surface area contributed by atoms with Gasteiger partial charge in [-0.2, -0.15) is 10.2 Å². The van der Waals surface area contributed by atoms with Crippen LogP contribution in [0.4, 0.5) is 0 Å². The molecule has 0 spiro atoms. The van der Waals surface area contributed by atoms with Crippen molar-refractivity contribution < 1.29 is 9.53 Å². The van der Waals surface area contributed by atoms with Gasteiger partial charge in [0.25, 0.3) is 5.91 Å². The highest BCUT2D eigenvalue weighted by atomic mass is 16.5. The number of nitrogens with one attached hydrogen (secondary N) is 1. The molecule has 0 unspecified atom stereocenters. The van der Waals surface area contributed by atoms with Gasteiger partial charge in [-0.3, -0.25) is 9.48 Å². The minimum Gasteiger partial charge on any atom is -0.488 e. The van der Waals surface area contributed by atoms with Gasteiger partial charge in [0.1, 0.15) is 12.4 Å². The van der Waals surface area contributed by atoms with Crippen molar-refractivity contribution in [1.29, 1.82) is 0 Å². The van der Waals surface area contributed by atoms with Gasteiger partial charge < -0.3 is 4.74 Å². The first-order chi connectivity index (χ1) is 16.1. The molecule has 0 aliphatic rings. The minimum absolute atomic E-state index is 0.274. The Labute approximate surface area is 193 Å². The molecule has 0 radical (unpaired) electrons. The highest BCUT2D eigenvalue weighted by molar-refractivity contribution is 5.95. The summed E-state index contributed by atoms with van der Waals surface area (Å²) in [6.07, 6.45) is 1.60. The quantitative estimate of drug-likeness (QED) is 0.315. The van der Waals surface area contributed by atoms with E-state index in [1.165, 1.54) is 0 Å². The van der Waals surface area contributed by atoms with Crippen LogP contribution >= 0.6 is 0 Å². The van der Waals surface area contributed by atoms with Gasteiger partial charge in [0.15, 0.2) is 0 Å². The first kappa shape index (κ1) is 22.0. The number of ether oxygens (including phenoxy) is 1. The van der Waals surface area contributed by atoms with Crippen molar-refractivity contribution in [3.63, 3.8) is 0 Å². The molecule has 0 aliphatic heterocycles. The zero-order chi connectivity index (χ0) is 23.0. The Kier molecular flexibility index (Phi) is 6.95. The van der Waals surface area contributed by atoms with E-state index in [2.05, 4.69) is 15.6 Å². The third-order valence-electron chi connectivity index (χ3n) is 5.15. The second-order valence-electron chi connectivity index (χ2n) is 7.80. The number of benzene rings is 3. The molecule has 0 saturated heterocycles. The van der Waals surface area contributed by atoms with Crippen LogP contribution in [0.25, 0.3) is 0 Å². The third kappa shape index (κ3) is 5.95. The highest BCUT2D eigenvalue weighted by Gasteiger charge is 2.08. The summed E-state index contributed by atoms with van der Waals surface area (Å²) < 4.78 is 7.86. The summed E-state index contributed by atoms with van der Waals surface area (Å²) in [5, 5.41) is 8.63. The predicted molar refractivity (Wildman–Crippen MR) is 130 cm³/mol. The van der Waals surface area contributed by atoms with Crippen LogP contribution in [0.3, 0.4) is 0 Å². The molecule has 1 aromatic heterocycles. The summed E-state index contributed by atoms with van der Waals surface area (Å²) in [6, 6.07) is 27.1. The lowest BCUT2D eigenvalue weighted by molar-refractivity contribution is 0.0955. The van der Waals surface area contributed by atoms with Crippen LogP contribution in [0.2, 0.25) is 0 Å². The molecule has 1 heterocycles. The number of hydrogen-bond acceptors (Lipinski definition) is 4. The van der Waals surface area contributed by atoms with Crippen LogP contribution < -0.4 is 10.2 Å². The van der Waals surface area contributed by atoms with E-state index in [4.69, 9.17) is 4.74 Å². The summed E-state index contributed by atoms with van der Waals surface area (Å²) in [5.74, 6) is 0.426. The highest BCUT2D eigenvalue weighted by Crippen LogP contribution is 2.17. The maximum Gasteiger partial charge on any atom is 0.271 e. The van der Waals surface area contributed by atoms with E-state index in [0.29, 0.717) is 24.5 Å². The molecule has 33 heavy (non-hydrogen) atoms. The molecule has 0 saturated carbocycles. The molecular formula is C27H26N4O2. The number of aryl methyl sites for hydroxylation is 2. The smallest absolute Gasteiger partial charge is 0.271 e. The number of nitrogens with zero attached hydrogens (tertiary/aromatic N) is 3. The number of hydrogen-bond donors (Lipinski definition) is 1. The van der Waals surface area contributed by atoms with Gasteiger partial charge in [-0.15, -0.1) is 0 Å². The van der Waals surface area contributed by atoms with Gasteiger partial charge in [0.05, 0.1) is 18.5 Å². The van der Waals surface area contributed by atoms with Crippen molar-refractivity contribution >= 4 is 12.1 Å². The summed E-state index contributed by atoms with van der Waals surface area (Å²) in [6.45, 7) is 5.05. The molecule has 4 aromatic rings. The van der Waals surface area contributed by atoms with Crippen molar-refractivity contribution in [2.45, 2.75) is 27.0 Å². The van der Waals surface area contributed by atoms with Gasteiger partial charge in [0, 0.05) is 16.8 Å². The van der Waals surface area contributed by atoms with E-state index in [0.717, 1.165) is 28.1 Å². The van der Waals surface area contributed by atoms with Crippen LogP contribution in [0.5, 0.6) is 5.75 Å². The SMILES string of the molecule is Cc1cc(C)n(Cc2cccc(C(=O)NN=Cc3ccccc3OCc3ccccc3)c2)n1. The zero-order valence-electron chi connectivity index (χ0n) is 18.7. The van der Waals surface area contributed by atoms with Crippen LogP contribution in [0.1, 0.15) is 38.4 Å². The fourth-order valence-corrected chi connectivity index (χ4v) is 3.50. The van der Waals surface area contributed by atoms with E-state index < -0.39 is 0 Å². The Balaban J connectivity index is 1.39. The number of amides is 1. The number of aromatic nitrogens is 2. The Hall–Kier alpha value is -4.19. The van der Waals surface area contributed by atoms with Crippen molar-refractivity contribution in [1.82, 2.24) is 15.2 Å². The molecule has 6 nitrogen and oxygen atoms in total. The van der Waals surface area contributed by atoms with Gasteiger partial charge in [-0.1, -0.05) is 54.6 Å². The second-order valence-corrected chi connectivity index (χ2v) is 7.80. The van der Waals surface area contributed by atoms with Gasteiger partial charge in [0.2, 0.25) is 0 Å². The normalized spacial score (nSPS) is 11.0. The maximum atomic E-state index is 12.6. The lowest BCUT2D eigenvalue weighted by Gasteiger charge is -2.09. The Morgan fingerprint density at radius 1 is 0.970 bits per heavy atom. The zero-order valence-corrected chi connectivity index (χ0v) is 18.7. The predicted octanol–water partition coefficient (Wildman–Crippen LogP) is 4.89. The van der Waals surface area contributed by atoms with Gasteiger partial charge >= 0.3 is 0 Å². The Morgan fingerprint density at radius 3 is 2.52 bits per heavy atom. The van der Waals surface area contributed by atoms with Crippen molar-refractivity contribution in [3.05, 3.63) is 119 Å². The molecule has 166 valence electrons. The third-order valence-corrected chi connectivity index (χ3v) is 5.15. The Bertz CT molecular complexity index is 1260. The molecule has 1 N–H and O–H groups in total. The summed E-state index contributed by atoms with van der Waals surface area (Å²) in [7, 11) is 0. The van der Waals surface area contributed by atoms with Crippen molar-refractivity contribution in [3.8, 4) is 5.75 Å². The lowest BCUT2D eigenvalue weighted by Crippen LogP contribution is -2.18. The van der Waals surface area contributed by atoms with Crippen LogP contribution in [0.15, 0.2) is 90.0 Å². The average molecular weight is 439 g/mol. The molecule has 0 fully saturated rings. The summed E-state index contributed by atoms with van der Waals surface area (Å²) in [4.78, 5) is 12.6. The first-order valence-electron chi connectivity index (χ1n) is 10.8.